The summed E-state index contributed by atoms with van der Waals surface area (Å²) in [5, 5.41) is 15.0. The van der Waals surface area contributed by atoms with E-state index in [1.54, 1.807) is 26.2 Å². The van der Waals surface area contributed by atoms with E-state index in [2.05, 4.69) is 10.6 Å². The summed E-state index contributed by atoms with van der Waals surface area (Å²) in [6, 6.07) is 2.69. The van der Waals surface area contributed by atoms with Crippen molar-refractivity contribution in [3.63, 3.8) is 0 Å². The number of carbonyl (C=O) groups excluding carboxylic acids is 1. The number of hydrogen-bond acceptors (Lipinski definition) is 3. The van der Waals surface area contributed by atoms with Gasteiger partial charge >= 0.3 is 6.03 Å². The van der Waals surface area contributed by atoms with Crippen molar-refractivity contribution in [1.29, 1.82) is 0 Å². The lowest BCUT2D eigenvalue weighted by atomic mass is 9.93. The van der Waals surface area contributed by atoms with Gasteiger partial charge in [0.15, 0.2) is 0 Å². The second kappa shape index (κ2) is 5.88. The molecule has 1 atom stereocenters. The van der Waals surface area contributed by atoms with Crippen molar-refractivity contribution in [1.82, 2.24) is 9.88 Å². The number of nitrogens with zero attached hydrogens (tertiary/aromatic N) is 1. The molecule has 0 aliphatic rings. The lowest BCUT2D eigenvalue weighted by Gasteiger charge is -2.27. The molecule has 0 aliphatic carbocycles. The first-order valence-electron chi connectivity index (χ1n) is 6.17. The molecule has 0 bridgehead atoms. The van der Waals surface area contributed by atoms with Gasteiger partial charge in [-0.15, -0.1) is 0 Å². The van der Waals surface area contributed by atoms with E-state index in [1.807, 2.05) is 13.8 Å². The van der Waals surface area contributed by atoms with Crippen LogP contribution in [0.1, 0.15) is 20.8 Å². The van der Waals surface area contributed by atoms with Gasteiger partial charge in [-0.2, -0.15) is 0 Å². The average Bonchev–Trinajstić information content (AvgIpc) is 2.32. The molecule has 0 aromatic carbocycles. The first kappa shape index (κ1) is 15.2. The lowest BCUT2D eigenvalue weighted by molar-refractivity contribution is 0.0170. The van der Waals surface area contributed by atoms with Crippen molar-refractivity contribution in [3.8, 4) is 0 Å². The largest absolute Gasteiger partial charge is 0.388 e. The Morgan fingerprint density at radius 3 is 2.74 bits per heavy atom. The predicted octanol–water partition coefficient (Wildman–Crippen LogP) is 0.914. The van der Waals surface area contributed by atoms with Gasteiger partial charge in [-0.25, -0.2) is 4.79 Å². The molecule has 6 nitrogen and oxygen atoms in total. The molecule has 6 heteroatoms. The monoisotopic (exact) mass is 267 g/mol. The van der Waals surface area contributed by atoms with Crippen LogP contribution in [0.15, 0.2) is 23.1 Å². The molecule has 19 heavy (non-hydrogen) atoms. The maximum atomic E-state index is 11.7. The number of nitrogens with one attached hydrogen (secondary N) is 2. The molecule has 1 heterocycles. The highest BCUT2D eigenvalue weighted by atomic mass is 16.3. The SMILES string of the molecule is CC(C)C(C)(O)CNC(=O)Nc1cccn(C)c1=O. The van der Waals surface area contributed by atoms with E-state index < -0.39 is 11.6 Å². The Morgan fingerprint density at radius 2 is 2.16 bits per heavy atom. The number of anilines is 1. The molecule has 1 aromatic heterocycles. The minimum absolute atomic E-state index is 0.0115. The van der Waals surface area contributed by atoms with Crippen LogP contribution in [0.5, 0.6) is 0 Å². The molecular formula is C13H21N3O3. The number of urea groups is 1. The smallest absolute Gasteiger partial charge is 0.319 e. The van der Waals surface area contributed by atoms with E-state index in [1.165, 1.54) is 10.6 Å². The molecule has 0 aliphatic heterocycles. The maximum absolute atomic E-state index is 11.7. The molecule has 106 valence electrons. The molecule has 0 saturated heterocycles. The van der Waals surface area contributed by atoms with E-state index in [-0.39, 0.29) is 23.7 Å². The zero-order valence-electron chi connectivity index (χ0n) is 11.7. The Bertz CT molecular complexity index is 506. The van der Waals surface area contributed by atoms with Gasteiger partial charge in [0, 0.05) is 19.8 Å². The number of aliphatic hydroxyl groups is 1. The standard InChI is InChI=1S/C13H21N3O3/c1-9(2)13(3,19)8-14-12(18)15-10-6-5-7-16(4)11(10)17/h5-7,9,19H,8H2,1-4H3,(H2,14,15,18). The molecule has 3 N–H and O–H groups in total. The fourth-order valence-corrected chi connectivity index (χ4v) is 1.32. The third-order valence-electron chi connectivity index (χ3n) is 3.22. The summed E-state index contributed by atoms with van der Waals surface area (Å²) < 4.78 is 1.37. The van der Waals surface area contributed by atoms with E-state index in [0.717, 1.165) is 0 Å². The lowest BCUT2D eigenvalue weighted by Crippen LogP contribution is -2.46. The topological polar surface area (TPSA) is 83.4 Å². The first-order valence-corrected chi connectivity index (χ1v) is 6.17. The van der Waals surface area contributed by atoms with Crippen molar-refractivity contribution in [2.45, 2.75) is 26.4 Å². The molecule has 0 spiro atoms. The zero-order chi connectivity index (χ0) is 14.6. The van der Waals surface area contributed by atoms with Crippen LogP contribution in [-0.4, -0.2) is 27.9 Å². The van der Waals surface area contributed by atoms with Gasteiger partial charge in [-0.3, -0.25) is 4.79 Å². The van der Waals surface area contributed by atoms with Crippen LogP contribution in [0.3, 0.4) is 0 Å². The molecule has 1 rings (SSSR count). The van der Waals surface area contributed by atoms with Gasteiger partial charge < -0.3 is 20.3 Å². The quantitative estimate of drug-likeness (QED) is 0.758. The molecule has 1 unspecified atom stereocenters. The summed E-state index contributed by atoms with van der Waals surface area (Å²) in [5.41, 5.74) is -1.07. The number of aryl methyl sites for hydroxylation is 1. The zero-order valence-corrected chi connectivity index (χ0v) is 11.7. The fraction of sp³-hybridized carbons (Fsp3) is 0.538. The third kappa shape index (κ3) is 4.10. The summed E-state index contributed by atoms with van der Waals surface area (Å²) in [5.74, 6) is 0.0115. The molecule has 1 aromatic rings. The third-order valence-corrected chi connectivity index (χ3v) is 3.22. The molecule has 0 fully saturated rings. The normalized spacial score (nSPS) is 14.0. The van der Waals surface area contributed by atoms with Crippen molar-refractivity contribution in [3.05, 3.63) is 28.7 Å². The minimum atomic E-state index is -0.987. The highest BCUT2D eigenvalue weighted by Gasteiger charge is 2.25. The molecular weight excluding hydrogens is 246 g/mol. The van der Waals surface area contributed by atoms with Crippen molar-refractivity contribution >= 4 is 11.7 Å². The van der Waals surface area contributed by atoms with Crippen molar-refractivity contribution in [2.75, 3.05) is 11.9 Å². The van der Waals surface area contributed by atoms with Gasteiger partial charge in [0.2, 0.25) is 0 Å². The number of rotatable bonds is 4. The van der Waals surface area contributed by atoms with Crippen LogP contribution in [0.2, 0.25) is 0 Å². The second-order valence-electron chi connectivity index (χ2n) is 5.16. The van der Waals surface area contributed by atoms with Crippen LogP contribution in [-0.2, 0) is 7.05 Å². The van der Waals surface area contributed by atoms with Crippen LogP contribution in [0, 0.1) is 5.92 Å². The van der Waals surface area contributed by atoms with Gasteiger partial charge in [-0.1, -0.05) is 13.8 Å². The molecule has 0 radical (unpaired) electrons. The summed E-state index contributed by atoms with van der Waals surface area (Å²) in [7, 11) is 1.61. The van der Waals surface area contributed by atoms with Gasteiger partial charge in [0.25, 0.3) is 5.56 Å². The predicted molar refractivity (Wildman–Crippen MR) is 74.2 cm³/mol. The maximum Gasteiger partial charge on any atom is 0.319 e. The summed E-state index contributed by atoms with van der Waals surface area (Å²) in [6.45, 7) is 5.50. The van der Waals surface area contributed by atoms with E-state index in [4.69, 9.17) is 0 Å². The Morgan fingerprint density at radius 1 is 1.53 bits per heavy atom. The fourth-order valence-electron chi connectivity index (χ4n) is 1.32. The van der Waals surface area contributed by atoms with Gasteiger partial charge in [0.1, 0.15) is 5.69 Å². The summed E-state index contributed by atoms with van der Waals surface area (Å²) in [4.78, 5) is 23.3. The number of aromatic nitrogens is 1. The van der Waals surface area contributed by atoms with Crippen molar-refractivity contribution < 1.29 is 9.90 Å². The summed E-state index contributed by atoms with van der Waals surface area (Å²) in [6.07, 6.45) is 1.61. The average molecular weight is 267 g/mol. The van der Waals surface area contributed by atoms with Crippen molar-refractivity contribution in [2.24, 2.45) is 13.0 Å². The number of carbonyl (C=O) groups is 1. The second-order valence-corrected chi connectivity index (χ2v) is 5.16. The Kier molecular flexibility index (Phi) is 4.72. The van der Waals surface area contributed by atoms with Crippen LogP contribution in [0.25, 0.3) is 0 Å². The first-order chi connectivity index (χ1) is 8.74. The molecule has 2 amide bonds. The van der Waals surface area contributed by atoms with Gasteiger partial charge in [-0.05, 0) is 25.0 Å². The van der Waals surface area contributed by atoms with Gasteiger partial charge in [0.05, 0.1) is 5.60 Å². The summed E-state index contributed by atoms with van der Waals surface area (Å²) >= 11 is 0. The van der Waals surface area contributed by atoms with Crippen LogP contribution >= 0.6 is 0 Å². The Hall–Kier alpha value is -1.82. The number of hydrogen-bond donors (Lipinski definition) is 3. The van der Waals surface area contributed by atoms with E-state index in [9.17, 15) is 14.7 Å². The molecule has 0 saturated carbocycles. The highest BCUT2D eigenvalue weighted by molar-refractivity contribution is 5.88. The van der Waals surface area contributed by atoms with E-state index >= 15 is 0 Å². The Labute approximate surface area is 112 Å². The highest BCUT2D eigenvalue weighted by Crippen LogP contribution is 2.14. The number of amides is 2. The minimum Gasteiger partial charge on any atom is -0.388 e. The van der Waals surface area contributed by atoms with E-state index in [0.29, 0.717) is 0 Å². The number of pyridine rings is 1. The Balaban J connectivity index is 2.62. The van der Waals surface area contributed by atoms with Crippen LogP contribution < -0.4 is 16.2 Å². The van der Waals surface area contributed by atoms with Crippen LogP contribution in [0.4, 0.5) is 10.5 Å².